The van der Waals surface area contributed by atoms with E-state index in [1.54, 1.807) is 137 Å². The average Bonchev–Trinajstić information content (AvgIpc) is 1.73. The Kier molecular flexibility index (Phi) is 28.8. The zero-order valence-corrected chi connectivity index (χ0v) is 66.2. The first-order valence-corrected chi connectivity index (χ1v) is 40.2. The van der Waals surface area contributed by atoms with E-state index in [9.17, 15) is 67.7 Å². The molecular formula is C83H99N15O18S. The lowest BCUT2D eigenvalue weighted by Gasteiger charge is -2.32. The molecule has 8 heterocycles. The first kappa shape index (κ1) is 85.6. The van der Waals surface area contributed by atoms with Gasteiger partial charge in [-0.1, -0.05) is 100 Å². The third kappa shape index (κ3) is 22.8. The molecule has 0 radical (unpaired) electrons. The lowest BCUT2D eigenvalue weighted by atomic mass is 9.96. The highest BCUT2D eigenvalue weighted by molar-refractivity contribution is 7.98. The summed E-state index contributed by atoms with van der Waals surface area (Å²) in [5.41, 5.74) is 11.6. The maximum atomic E-state index is 15.4. The molecule has 13 rings (SSSR count). The summed E-state index contributed by atoms with van der Waals surface area (Å²) in [6.45, 7) is 6.93. The van der Waals surface area contributed by atoms with E-state index in [4.69, 9.17) is 15.2 Å². The van der Waals surface area contributed by atoms with E-state index < -0.39 is 180 Å². The molecule has 7 aromatic rings. The lowest BCUT2D eigenvalue weighted by molar-refractivity contribution is -0.143. The Hall–Kier alpha value is -12.3. The van der Waals surface area contributed by atoms with Crippen LogP contribution in [0.15, 0.2) is 128 Å². The summed E-state index contributed by atoms with van der Waals surface area (Å²) < 4.78 is 12.7. The van der Waals surface area contributed by atoms with E-state index in [0.29, 0.717) is 78.7 Å². The summed E-state index contributed by atoms with van der Waals surface area (Å²) in [6.07, 6.45) is 0.875. The summed E-state index contributed by atoms with van der Waals surface area (Å²) >= 11 is 1.21. The number of para-hydroxylation sites is 2. The fourth-order valence-electron chi connectivity index (χ4n) is 14.8. The molecule has 13 amide bonds. The Morgan fingerprint density at radius 3 is 1.68 bits per heavy atom. The second kappa shape index (κ2) is 39.3. The average molecular weight is 1630 g/mol. The van der Waals surface area contributed by atoms with Crippen molar-refractivity contribution in [2.75, 3.05) is 18.8 Å². The number of aromatic nitrogens is 2. The topological polar surface area (TPSA) is 491 Å². The highest BCUT2D eigenvalue weighted by atomic mass is 32.2. The molecule has 0 aliphatic carbocycles. The van der Waals surface area contributed by atoms with Crippen LogP contribution in [0.25, 0.3) is 21.8 Å². The number of H-pyrrole nitrogens is 2. The van der Waals surface area contributed by atoms with Gasteiger partial charge in [0.25, 0.3) is 0 Å². The lowest BCUT2D eigenvalue weighted by Crippen LogP contribution is -2.63. The number of primary amides is 1. The van der Waals surface area contributed by atoms with E-state index in [1.165, 1.54) is 23.6 Å². The van der Waals surface area contributed by atoms with E-state index in [2.05, 4.69) is 68.5 Å². The number of ether oxygens (including phenoxy) is 2. The fourth-order valence-corrected chi connectivity index (χ4v) is 15.8. The van der Waals surface area contributed by atoms with Crippen molar-refractivity contribution < 1.29 is 86.8 Å². The van der Waals surface area contributed by atoms with E-state index in [0.717, 1.165) is 0 Å². The molecule has 117 heavy (non-hydrogen) atoms. The van der Waals surface area contributed by atoms with Gasteiger partial charge in [0.05, 0.1) is 19.1 Å². The third-order valence-electron chi connectivity index (χ3n) is 21.0. The molecule has 620 valence electrons. The number of nitrogens with one attached hydrogen (secondary N) is 13. The van der Waals surface area contributed by atoms with Crippen LogP contribution in [0, 0.1) is 11.8 Å². The minimum atomic E-state index is -1.90. The molecule has 0 saturated carbocycles. The van der Waals surface area contributed by atoms with Crippen LogP contribution in [0.4, 0.5) is 0 Å². The number of carbonyl (C=O) groups excluding carboxylic acids is 13. The number of aliphatic carboxylic acids is 1. The van der Waals surface area contributed by atoms with Crippen LogP contribution < -0.4 is 73.7 Å². The minimum Gasteiger partial charge on any atom is -0.489 e. The summed E-state index contributed by atoms with van der Waals surface area (Å²) in [4.78, 5) is 207. The maximum absolute atomic E-state index is 15.4. The van der Waals surface area contributed by atoms with Crippen molar-refractivity contribution in [3.05, 3.63) is 167 Å². The quantitative estimate of drug-likeness (QED) is 0.0861. The van der Waals surface area contributed by atoms with Crippen LogP contribution in [0.2, 0.25) is 0 Å². The Morgan fingerprint density at radius 2 is 1.09 bits per heavy atom. The summed E-state index contributed by atoms with van der Waals surface area (Å²) in [5, 5.41) is 52.1. The molecule has 33 nitrogen and oxygen atoms in total. The summed E-state index contributed by atoms with van der Waals surface area (Å²) in [6, 6.07) is 17.6. The number of carbonyl (C=O) groups is 14. The molecule has 6 aliphatic heterocycles. The van der Waals surface area contributed by atoms with Crippen LogP contribution >= 0.6 is 11.8 Å². The van der Waals surface area contributed by atoms with Crippen molar-refractivity contribution in [3.8, 4) is 11.5 Å². The molecule has 6 aliphatic rings. The largest absolute Gasteiger partial charge is 0.489 e. The normalized spacial score (nSPS) is 24.6. The van der Waals surface area contributed by atoms with Crippen molar-refractivity contribution in [1.82, 2.24) is 73.4 Å². The number of hydrogen-bond donors (Lipinski definition) is 16. The van der Waals surface area contributed by atoms with E-state index in [-0.39, 0.29) is 82.6 Å². The Morgan fingerprint density at radius 1 is 0.547 bits per heavy atom. The fraction of sp³-hybridized carbons (Fsp3) is 0.422. The van der Waals surface area contributed by atoms with Gasteiger partial charge in [0.2, 0.25) is 76.8 Å². The maximum Gasteiger partial charge on any atom is 0.305 e. The van der Waals surface area contributed by atoms with Crippen LogP contribution in [0.5, 0.6) is 11.5 Å². The van der Waals surface area contributed by atoms with Crippen molar-refractivity contribution in [2.45, 2.75) is 190 Å². The van der Waals surface area contributed by atoms with Gasteiger partial charge in [-0.05, 0) is 125 Å². The standard InChI is InChI=1S/C83H99N15O18S/c1-43(2)70-81(112)93-64(35-69(102)103)74(105)87-38-68(101)89-62(33-51-36-85-57-14-8-6-12-55(51)57)77(108)96-71(44(3)4)83(114)98-27-11-17-66(98)80(111)91-60(73(84)104)31-46-19-23-53(24-20-46)115-39-48-28-49-30-50(29-48)41-117-42-65(79(110)92-63(78(109)95-70)34-52-37-86-58-15-9-7-13-56(52)58)94-75(106)59-16-10-18-67(100)72(82(113)90-59)97-76(107)61(88-45(5)99)32-47-21-25-54(26-22-47)116-40-49/h6-9,12-15,19-26,28-30,36-37,43-44,59-67,70-72,85-86,100H,10-11,16-18,27,31-35,38-42H2,1-5H3,(H2,84,104)(H,87,105)(H,88,99)(H,89,101)(H,90,113)(H,91,111)(H,92,110)(H,93,112)(H,94,106)(H,95,109)(H,96,108)(H,97,107)(H,102,103)/t59-,60-,61-,62-,63-,64-,65-,66-,67+,70-,71-,72-/m0/s1. The molecule has 0 unspecified atom stereocenters. The van der Waals surface area contributed by atoms with Crippen molar-refractivity contribution in [3.63, 3.8) is 0 Å². The van der Waals surface area contributed by atoms with Crippen LogP contribution in [-0.2, 0) is 112 Å². The summed E-state index contributed by atoms with van der Waals surface area (Å²) in [5.74, 6) is -13.3. The van der Waals surface area contributed by atoms with E-state index >= 15 is 9.59 Å². The van der Waals surface area contributed by atoms with Gasteiger partial charge >= 0.3 is 5.97 Å². The molecule has 2 fully saturated rings. The number of hydrogen-bond acceptors (Lipinski definition) is 18. The molecular weight excluding hydrogens is 1530 g/mol. The predicted octanol–water partition coefficient (Wildman–Crippen LogP) is 1.43. The molecule has 0 spiro atoms. The molecule has 2 aromatic heterocycles. The number of nitrogens with zero attached hydrogens (tertiary/aromatic N) is 1. The second-order valence-corrected chi connectivity index (χ2v) is 31.6. The van der Waals surface area contributed by atoms with Crippen LogP contribution in [0.3, 0.4) is 0 Å². The number of rotatable bonds is 10. The highest BCUT2D eigenvalue weighted by Crippen LogP contribution is 2.28. The number of amides is 13. The molecule has 5 aromatic carbocycles. The number of carboxylic acid groups (broad SMARTS) is 1. The zero-order chi connectivity index (χ0) is 83.7. The van der Waals surface area contributed by atoms with Crippen molar-refractivity contribution in [2.24, 2.45) is 17.6 Å². The molecule has 10 bridgehead atoms. The van der Waals surface area contributed by atoms with Gasteiger partial charge in [-0.3, -0.25) is 67.1 Å². The predicted molar refractivity (Wildman–Crippen MR) is 429 cm³/mol. The number of nitrogens with two attached hydrogens (primary N) is 1. The molecule has 12 atom stereocenters. The Balaban J connectivity index is 0.942. The number of thioether (sulfide) groups is 1. The number of carboxylic acids is 1. The molecule has 34 heteroatoms. The van der Waals surface area contributed by atoms with Gasteiger partial charge in [0.1, 0.15) is 91.2 Å². The third-order valence-corrected chi connectivity index (χ3v) is 22.1. The minimum absolute atomic E-state index is 0.00773. The van der Waals surface area contributed by atoms with Gasteiger partial charge in [0, 0.05) is 84.9 Å². The van der Waals surface area contributed by atoms with Crippen LogP contribution in [0.1, 0.15) is 112 Å². The second-order valence-electron chi connectivity index (χ2n) is 30.6. The first-order chi connectivity index (χ1) is 56.0. The number of fused-ring (bicyclic) bond motifs is 33. The van der Waals surface area contributed by atoms with Crippen molar-refractivity contribution in [1.29, 1.82) is 0 Å². The number of aliphatic hydroxyl groups excluding tert-OH is 1. The number of benzene rings is 5. The SMILES string of the molecule is CC(=O)N[C@H]1Cc2ccc(cc2)OCc2cc3cc(c2)CSC[C@H](NC(=O)[C@@H]2CCC[C@@H](O)[C@H](NC1=O)C(=O)N2)C(=O)N[C@@H](Cc1c[nH]c2ccccc12)C(=O)N[C@@H](C(C)C)C(=O)N[C@@H](CC(=O)O)C(=O)NCC(=O)N[C@@H](Cc1c[nH]c2ccccc12)C(=O)N[C@@H](C(C)C)C(=O)N1CCC[C@H]1C(=O)N[C@H](C(N)=O)Cc1ccc(cc1)OC3. The smallest absolute Gasteiger partial charge is 0.305 e. The Labute approximate surface area is 678 Å². The first-order valence-electron chi connectivity index (χ1n) is 39.0. The van der Waals surface area contributed by atoms with Gasteiger partial charge in [-0.15, -0.1) is 0 Å². The highest BCUT2D eigenvalue weighted by Gasteiger charge is 2.43. The zero-order valence-electron chi connectivity index (χ0n) is 65.4. The number of aliphatic hydroxyl groups is 1. The van der Waals surface area contributed by atoms with Crippen molar-refractivity contribution >= 4 is 116 Å². The Bertz CT molecular complexity index is 4860. The molecule has 2 saturated heterocycles. The molecule has 17 N–H and O–H groups in total. The van der Waals surface area contributed by atoms with Gasteiger partial charge < -0.3 is 98.8 Å². The van der Waals surface area contributed by atoms with Gasteiger partial charge in [-0.25, -0.2) is 0 Å². The van der Waals surface area contributed by atoms with E-state index in [1.807, 2.05) is 18.2 Å². The summed E-state index contributed by atoms with van der Waals surface area (Å²) in [7, 11) is 0. The monoisotopic (exact) mass is 1630 g/mol. The van der Waals surface area contributed by atoms with Gasteiger partial charge in [-0.2, -0.15) is 11.8 Å². The van der Waals surface area contributed by atoms with Crippen LogP contribution in [-0.4, -0.2) is 199 Å². The number of aromatic amines is 2. The van der Waals surface area contributed by atoms with Gasteiger partial charge in [0.15, 0.2) is 0 Å².